The molecule has 0 aliphatic rings. The van der Waals surface area contributed by atoms with E-state index in [1.807, 2.05) is 45.0 Å². The van der Waals surface area contributed by atoms with Crippen molar-refractivity contribution >= 4 is 17.5 Å². The number of hydrogen-bond acceptors (Lipinski definition) is 3. The Hall–Kier alpha value is -2.82. The maximum absolute atomic E-state index is 12.2. The molecule has 2 aromatic carbocycles. The highest BCUT2D eigenvalue weighted by molar-refractivity contribution is 6.00. The van der Waals surface area contributed by atoms with Crippen molar-refractivity contribution in [3.63, 3.8) is 0 Å². The van der Waals surface area contributed by atoms with Crippen LogP contribution >= 0.6 is 0 Å². The summed E-state index contributed by atoms with van der Waals surface area (Å²) in [6.07, 6.45) is 0. The average molecular weight is 326 g/mol. The number of benzene rings is 2. The molecule has 0 aliphatic carbocycles. The van der Waals surface area contributed by atoms with Crippen LogP contribution in [0.15, 0.2) is 36.4 Å². The third-order valence-corrected chi connectivity index (χ3v) is 3.83. The molecule has 0 saturated carbocycles. The van der Waals surface area contributed by atoms with Crippen molar-refractivity contribution in [2.75, 3.05) is 19.0 Å². The fourth-order valence-corrected chi connectivity index (χ4v) is 2.42. The summed E-state index contributed by atoms with van der Waals surface area (Å²) in [5.74, 6) is 0.0624. The van der Waals surface area contributed by atoms with E-state index in [0.29, 0.717) is 11.3 Å². The Morgan fingerprint density at radius 2 is 1.67 bits per heavy atom. The molecule has 0 heterocycles. The predicted molar refractivity (Wildman–Crippen MR) is 94.6 cm³/mol. The van der Waals surface area contributed by atoms with Gasteiger partial charge in [-0.15, -0.1) is 0 Å². The second kappa shape index (κ2) is 7.64. The van der Waals surface area contributed by atoms with Crippen LogP contribution in [-0.4, -0.2) is 25.5 Å². The number of carbonyl (C=O) groups excluding carboxylic acids is 2. The lowest BCUT2D eigenvalue weighted by atomic mass is 10.1. The Labute approximate surface area is 142 Å². The zero-order chi connectivity index (χ0) is 17.7. The highest BCUT2D eigenvalue weighted by Crippen LogP contribution is 2.20. The lowest BCUT2D eigenvalue weighted by Gasteiger charge is -2.12. The van der Waals surface area contributed by atoms with E-state index in [1.165, 1.54) is 0 Å². The molecule has 2 aromatic rings. The predicted octanol–water partition coefficient (Wildman–Crippen LogP) is 2.99. The zero-order valence-electron chi connectivity index (χ0n) is 14.4. The molecule has 2 rings (SSSR count). The summed E-state index contributed by atoms with van der Waals surface area (Å²) < 4.78 is 5.21. The molecule has 0 atom stereocenters. The molecule has 0 unspecified atom stereocenters. The lowest BCUT2D eigenvalue weighted by molar-refractivity contribution is -0.115. The number of rotatable bonds is 5. The Balaban J connectivity index is 1.97. The highest BCUT2D eigenvalue weighted by atomic mass is 16.5. The van der Waals surface area contributed by atoms with Gasteiger partial charge in [-0.3, -0.25) is 9.59 Å². The first kappa shape index (κ1) is 17.5. The van der Waals surface area contributed by atoms with E-state index in [-0.39, 0.29) is 18.4 Å². The number of para-hydroxylation sites is 1. The van der Waals surface area contributed by atoms with E-state index >= 15 is 0 Å². The van der Waals surface area contributed by atoms with Gasteiger partial charge in [0.05, 0.1) is 13.7 Å². The number of methoxy groups -OCH3 is 1. The molecule has 0 radical (unpaired) electrons. The normalized spacial score (nSPS) is 10.2. The monoisotopic (exact) mass is 326 g/mol. The van der Waals surface area contributed by atoms with Gasteiger partial charge in [0.25, 0.3) is 5.91 Å². The summed E-state index contributed by atoms with van der Waals surface area (Å²) in [6, 6.07) is 11.0. The molecule has 0 bridgehead atoms. The Bertz CT molecular complexity index is 749. The first-order chi connectivity index (χ1) is 11.4. The maximum Gasteiger partial charge on any atom is 0.251 e. The minimum atomic E-state index is -0.315. The van der Waals surface area contributed by atoms with E-state index in [0.717, 1.165) is 22.4 Å². The Morgan fingerprint density at radius 3 is 2.29 bits per heavy atom. The first-order valence-electron chi connectivity index (χ1n) is 7.71. The largest absolute Gasteiger partial charge is 0.496 e. The van der Waals surface area contributed by atoms with E-state index in [4.69, 9.17) is 4.74 Å². The summed E-state index contributed by atoms with van der Waals surface area (Å²) in [4.78, 5) is 24.2. The van der Waals surface area contributed by atoms with Crippen LogP contribution in [0, 0.1) is 20.8 Å². The molecule has 24 heavy (non-hydrogen) atoms. The molecule has 0 aromatic heterocycles. The van der Waals surface area contributed by atoms with Crippen molar-refractivity contribution in [1.82, 2.24) is 5.32 Å². The second-order valence-electron chi connectivity index (χ2n) is 5.68. The smallest absolute Gasteiger partial charge is 0.251 e. The van der Waals surface area contributed by atoms with Gasteiger partial charge in [-0.05, 0) is 49.6 Å². The van der Waals surface area contributed by atoms with Gasteiger partial charge < -0.3 is 15.4 Å². The minimum Gasteiger partial charge on any atom is -0.496 e. The van der Waals surface area contributed by atoms with Gasteiger partial charge in [0.2, 0.25) is 5.91 Å². The fraction of sp³-hybridized carbons (Fsp3) is 0.263. The molecule has 0 aliphatic heterocycles. The summed E-state index contributed by atoms with van der Waals surface area (Å²) in [5.41, 5.74) is 4.16. The Morgan fingerprint density at radius 1 is 1.00 bits per heavy atom. The summed E-state index contributed by atoms with van der Waals surface area (Å²) in [6.45, 7) is 5.67. The van der Waals surface area contributed by atoms with Gasteiger partial charge in [0.1, 0.15) is 5.75 Å². The molecule has 0 spiro atoms. The average Bonchev–Trinajstić information content (AvgIpc) is 2.56. The number of amides is 2. The van der Waals surface area contributed by atoms with Crippen LogP contribution in [0.5, 0.6) is 5.75 Å². The van der Waals surface area contributed by atoms with E-state index < -0.39 is 0 Å². The van der Waals surface area contributed by atoms with Crippen molar-refractivity contribution in [2.45, 2.75) is 20.8 Å². The SMILES string of the molecule is COc1cc(C(=O)NCC(=O)Nc2c(C)cccc2C)ccc1C. The van der Waals surface area contributed by atoms with Crippen molar-refractivity contribution in [3.8, 4) is 5.75 Å². The standard InChI is InChI=1S/C19H22N2O3/c1-12-8-9-15(10-16(12)24-4)19(23)20-11-17(22)21-18-13(2)6-5-7-14(18)3/h5-10H,11H2,1-4H3,(H,20,23)(H,21,22). The summed E-state index contributed by atoms with van der Waals surface area (Å²) in [5, 5.41) is 5.46. The van der Waals surface area contributed by atoms with E-state index in [1.54, 1.807) is 19.2 Å². The molecule has 5 nitrogen and oxygen atoms in total. The summed E-state index contributed by atoms with van der Waals surface area (Å²) >= 11 is 0. The van der Waals surface area contributed by atoms with Gasteiger partial charge >= 0.3 is 0 Å². The number of nitrogens with one attached hydrogen (secondary N) is 2. The first-order valence-corrected chi connectivity index (χ1v) is 7.71. The van der Waals surface area contributed by atoms with Gasteiger partial charge in [-0.25, -0.2) is 0 Å². The van der Waals surface area contributed by atoms with Crippen LogP contribution in [0.2, 0.25) is 0 Å². The van der Waals surface area contributed by atoms with E-state index in [2.05, 4.69) is 10.6 Å². The molecular weight excluding hydrogens is 304 g/mol. The van der Waals surface area contributed by atoms with Gasteiger partial charge in [-0.1, -0.05) is 24.3 Å². The van der Waals surface area contributed by atoms with Crippen molar-refractivity contribution in [1.29, 1.82) is 0 Å². The van der Waals surface area contributed by atoms with Crippen LogP contribution < -0.4 is 15.4 Å². The quantitative estimate of drug-likeness (QED) is 0.887. The molecule has 126 valence electrons. The van der Waals surface area contributed by atoms with Crippen LogP contribution in [0.4, 0.5) is 5.69 Å². The number of hydrogen-bond donors (Lipinski definition) is 2. The third-order valence-electron chi connectivity index (χ3n) is 3.83. The van der Waals surface area contributed by atoms with Crippen LogP contribution in [0.1, 0.15) is 27.0 Å². The second-order valence-corrected chi connectivity index (χ2v) is 5.68. The number of ether oxygens (including phenoxy) is 1. The van der Waals surface area contributed by atoms with Gasteiger partial charge in [0, 0.05) is 11.3 Å². The van der Waals surface area contributed by atoms with E-state index in [9.17, 15) is 9.59 Å². The molecule has 0 saturated heterocycles. The van der Waals surface area contributed by atoms with Crippen LogP contribution in [0.25, 0.3) is 0 Å². The number of anilines is 1. The summed E-state index contributed by atoms with van der Waals surface area (Å²) in [7, 11) is 1.56. The Kier molecular flexibility index (Phi) is 5.58. The third kappa shape index (κ3) is 4.13. The van der Waals surface area contributed by atoms with Gasteiger partial charge in [-0.2, -0.15) is 0 Å². The zero-order valence-corrected chi connectivity index (χ0v) is 14.4. The maximum atomic E-state index is 12.2. The molecular formula is C19H22N2O3. The van der Waals surface area contributed by atoms with Crippen LogP contribution in [-0.2, 0) is 4.79 Å². The minimum absolute atomic E-state index is 0.0944. The highest BCUT2D eigenvalue weighted by Gasteiger charge is 2.11. The lowest BCUT2D eigenvalue weighted by Crippen LogP contribution is -2.33. The molecule has 5 heteroatoms. The number of carbonyl (C=O) groups is 2. The van der Waals surface area contributed by atoms with Crippen LogP contribution in [0.3, 0.4) is 0 Å². The van der Waals surface area contributed by atoms with Gasteiger partial charge in [0.15, 0.2) is 0 Å². The molecule has 0 fully saturated rings. The van der Waals surface area contributed by atoms with Crippen molar-refractivity contribution in [3.05, 3.63) is 58.7 Å². The number of aryl methyl sites for hydroxylation is 3. The van der Waals surface area contributed by atoms with Crippen molar-refractivity contribution in [2.24, 2.45) is 0 Å². The molecule has 2 N–H and O–H groups in total. The molecule has 2 amide bonds. The van der Waals surface area contributed by atoms with Crippen molar-refractivity contribution < 1.29 is 14.3 Å². The topological polar surface area (TPSA) is 67.4 Å². The fourth-order valence-electron chi connectivity index (χ4n) is 2.42.